The van der Waals surface area contributed by atoms with Crippen molar-refractivity contribution in [2.75, 3.05) is 0 Å². The molecule has 0 spiro atoms. The van der Waals surface area contributed by atoms with Gasteiger partial charge in [0.1, 0.15) is 0 Å². The van der Waals surface area contributed by atoms with E-state index in [9.17, 15) is 4.79 Å². The zero-order valence-corrected chi connectivity index (χ0v) is 11.0. The van der Waals surface area contributed by atoms with E-state index in [1.807, 2.05) is 0 Å². The minimum Gasteiger partial charge on any atom is -0.326 e. The summed E-state index contributed by atoms with van der Waals surface area (Å²) in [5.41, 5.74) is 3.65. The number of rotatable bonds is 1. The van der Waals surface area contributed by atoms with Gasteiger partial charge in [-0.2, -0.15) is 0 Å². The third-order valence-electron chi connectivity index (χ3n) is 3.74. The molecule has 0 atom stereocenters. The van der Waals surface area contributed by atoms with Crippen LogP contribution in [0.1, 0.15) is 68.7 Å². The molecule has 1 aromatic rings. The number of nitrogens with one attached hydrogen (secondary N) is 1. The van der Waals surface area contributed by atoms with Crippen LogP contribution in [-0.4, -0.2) is 4.98 Å². The maximum absolute atomic E-state index is 12.0. The lowest BCUT2D eigenvalue weighted by Gasteiger charge is -2.12. The summed E-state index contributed by atoms with van der Waals surface area (Å²) in [6.07, 6.45) is 8.62. The lowest BCUT2D eigenvalue weighted by molar-refractivity contribution is 0.628. The van der Waals surface area contributed by atoms with Gasteiger partial charge in [-0.05, 0) is 43.2 Å². The van der Waals surface area contributed by atoms with Crippen molar-refractivity contribution in [2.24, 2.45) is 0 Å². The molecule has 2 nitrogen and oxygen atoms in total. The van der Waals surface area contributed by atoms with E-state index in [0.29, 0.717) is 5.92 Å². The summed E-state index contributed by atoms with van der Waals surface area (Å²) in [6, 6.07) is 2.16. The van der Waals surface area contributed by atoms with Crippen LogP contribution in [0.3, 0.4) is 0 Å². The fraction of sp³-hybridized carbons (Fsp3) is 0.667. The Morgan fingerprint density at radius 2 is 1.71 bits per heavy atom. The van der Waals surface area contributed by atoms with Crippen LogP contribution in [0.15, 0.2) is 10.9 Å². The summed E-state index contributed by atoms with van der Waals surface area (Å²) in [5.74, 6) is 0.316. The number of pyridine rings is 1. The molecule has 0 radical (unpaired) electrons. The molecule has 0 unspecified atom stereocenters. The highest BCUT2D eigenvalue weighted by molar-refractivity contribution is 5.27. The normalized spacial score (nSPS) is 17.1. The lowest BCUT2D eigenvalue weighted by Crippen LogP contribution is -2.18. The molecule has 0 amide bonds. The zero-order chi connectivity index (χ0) is 12.3. The minimum absolute atomic E-state index is 0.123. The number of hydrogen-bond donors (Lipinski definition) is 1. The van der Waals surface area contributed by atoms with Crippen molar-refractivity contribution in [3.8, 4) is 0 Å². The molecule has 1 aromatic heterocycles. The van der Waals surface area contributed by atoms with Crippen molar-refractivity contribution < 1.29 is 0 Å². The van der Waals surface area contributed by atoms with Crippen molar-refractivity contribution in [1.29, 1.82) is 0 Å². The summed E-state index contributed by atoms with van der Waals surface area (Å²) < 4.78 is 0. The van der Waals surface area contributed by atoms with Crippen LogP contribution in [-0.2, 0) is 12.8 Å². The average molecular weight is 233 g/mol. The lowest BCUT2D eigenvalue weighted by atomic mass is 9.98. The van der Waals surface area contributed by atoms with Crippen molar-refractivity contribution >= 4 is 0 Å². The molecule has 1 aliphatic carbocycles. The van der Waals surface area contributed by atoms with Gasteiger partial charge in [0.15, 0.2) is 0 Å². The largest absolute Gasteiger partial charge is 0.326 e. The first-order chi connectivity index (χ1) is 8.18. The van der Waals surface area contributed by atoms with Gasteiger partial charge in [0, 0.05) is 11.3 Å². The van der Waals surface area contributed by atoms with E-state index in [1.54, 1.807) is 0 Å². The van der Waals surface area contributed by atoms with Crippen LogP contribution in [0, 0.1) is 0 Å². The number of fused-ring (bicyclic) bond motifs is 1. The Balaban J connectivity index is 2.37. The first-order valence-corrected chi connectivity index (χ1v) is 6.93. The summed E-state index contributed by atoms with van der Waals surface area (Å²) in [6.45, 7) is 4.18. The Labute approximate surface area is 103 Å². The van der Waals surface area contributed by atoms with E-state index in [0.717, 1.165) is 18.4 Å². The third kappa shape index (κ3) is 2.99. The van der Waals surface area contributed by atoms with E-state index >= 15 is 0 Å². The van der Waals surface area contributed by atoms with Gasteiger partial charge in [-0.1, -0.05) is 33.1 Å². The maximum Gasteiger partial charge on any atom is 0.251 e. The highest BCUT2D eigenvalue weighted by Crippen LogP contribution is 2.20. The molecule has 1 aliphatic rings. The monoisotopic (exact) mass is 233 g/mol. The molecule has 17 heavy (non-hydrogen) atoms. The van der Waals surface area contributed by atoms with Gasteiger partial charge in [0.05, 0.1) is 0 Å². The Hall–Kier alpha value is -1.05. The number of H-pyrrole nitrogens is 1. The summed E-state index contributed by atoms with van der Waals surface area (Å²) in [4.78, 5) is 15.1. The van der Waals surface area contributed by atoms with Gasteiger partial charge < -0.3 is 4.98 Å². The zero-order valence-electron chi connectivity index (χ0n) is 11.0. The van der Waals surface area contributed by atoms with Gasteiger partial charge in [-0.3, -0.25) is 4.79 Å². The van der Waals surface area contributed by atoms with Crippen molar-refractivity contribution in [3.05, 3.63) is 33.2 Å². The molecule has 0 aromatic carbocycles. The van der Waals surface area contributed by atoms with Gasteiger partial charge in [-0.25, -0.2) is 0 Å². The number of aromatic nitrogens is 1. The smallest absolute Gasteiger partial charge is 0.251 e. The molecule has 1 heterocycles. The van der Waals surface area contributed by atoms with Crippen molar-refractivity contribution in [2.45, 2.75) is 64.7 Å². The molecule has 0 fully saturated rings. The quantitative estimate of drug-likeness (QED) is 0.790. The van der Waals surface area contributed by atoms with E-state index in [2.05, 4.69) is 24.9 Å². The summed E-state index contributed by atoms with van der Waals surface area (Å²) in [7, 11) is 0. The molecule has 0 bridgehead atoms. The highest BCUT2D eigenvalue weighted by Gasteiger charge is 2.12. The van der Waals surface area contributed by atoms with Gasteiger partial charge >= 0.3 is 0 Å². The van der Waals surface area contributed by atoms with Gasteiger partial charge in [-0.15, -0.1) is 0 Å². The predicted octanol–water partition coefficient (Wildman–Crippen LogP) is 3.55. The Morgan fingerprint density at radius 3 is 2.41 bits per heavy atom. The number of aromatic amines is 1. The first kappa shape index (κ1) is 12.4. The van der Waals surface area contributed by atoms with Crippen LogP contribution < -0.4 is 5.56 Å². The Bertz CT molecular complexity index is 431. The number of hydrogen-bond acceptors (Lipinski definition) is 1. The Morgan fingerprint density at radius 1 is 1.06 bits per heavy atom. The van der Waals surface area contributed by atoms with E-state index in [1.165, 1.54) is 43.4 Å². The molecular weight excluding hydrogens is 210 g/mol. The second-order valence-corrected chi connectivity index (χ2v) is 5.48. The second kappa shape index (κ2) is 5.52. The topological polar surface area (TPSA) is 32.9 Å². The maximum atomic E-state index is 12.0. The van der Waals surface area contributed by atoms with Gasteiger partial charge in [0.2, 0.25) is 0 Å². The van der Waals surface area contributed by atoms with Crippen molar-refractivity contribution in [1.82, 2.24) is 4.98 Å². The van der Waals surface area contributed by atoms with E-state index in [-0.39, 0.29) is 5.56 Å². The highest BCUT2D eigenvalue weighted by atomic mass is 16.1. The van der Waals surface area contributed by atoms with E-state index in [4.69, 9.17) is 0 Å². The minimum atomic E-state index is 0.123. The summed E-state index contributed by atoms with van der Waals surface area (Å²) in [5, 5.41) is 0. The Kier molecular flexibility index (Phi) is 4.03. The average Bonchev–Trinajstić information content (AvgIpc) is 2.39. The fourth-order valence-electron chi connectivity index (χ4n) is 2.65. The first-order valence-electron chi connectivity index (χ1n) is 6.93. The van der Waals surface area contributed by atoms with E-state index < -0.39 is 0 Å². The van der Waals surface area contributed by atoms with Crippen LogP contribution in [0.4, 0.5) is 0 Å². The summed E-state index contributed by atoms with van der Waals surface area (Å²) >= 11 is 0. The molecule has 2 rings (SSSR count). The van der Waals surface area contributed by atoms with Crippen LogP contribution in [0.5, 0.6) is 0 Å². The van der Waals surface area contributed by atoms with Gasteiger partial charge in [0.25, 0.3) is 5.56 Å². The van der Waals surface area contributed by atoms with Crippen LogP contribution in [0.25, 0.3) is 0 Å². The number of aryl methyl sites for hydroxylation is 2. The predicted molar refractivity (Wildman–Crippen MR) is 71.6 cm³/mol. The molecule has 0 saturated heterocycles. The second-order valence-electron chi connectivity index (χ2n) is 5.48. The molecule has 2 heteroatoms. The molecule has 0 aliphatic heterocycles. The van der Waals surface area contributed by atoms with Crippen molar-refractivity contribution in [3.63, 3.8) is 0 Å². The fourth-order valence-corrected chi connectivity index (χ4v) is 2.65. The van der Waals surface area contributed by atoms with Crippen LogP contribution in [0.2, 0.25) is 0 Å². The SMILES string of the molecule is CC(C)c1cc2c([nH]c1=O)CCCCCCC2. The molecule has 94 valence electrons. The van der Waals surface area contributed by atoms with Crippen LogP contribution >= 0.6 is 0 Å². The molecule has 0 saturated carbocycles. The molecular formula is C15H23NO. The third-order valence-corrected chi connectivity index (χ3v) is 3.74. The molecule has 1 N–H and O–H groups in total. The standard InChI is InChI=1S/C15H23NO/c1-11(2)13-10-12-8-6-4-3-5-7-9-14(12)16-15(13)17/h10-11H,3-9H2,1-2H3,(H,16,17).